The van der Waals surface area contributed by atoms with Crippen molar-refractivity contribution in [1.82, 2.24) is 14.5 Å². The molecule has 5 rings (SSSR count). The quantitative estimate of drug-likeness (QED) is 0.454. The predicted octanol–water partition coefficient (Wildman–Crippen LogP) is 5.82. The van der Waals surface area contributed by atoms with Crippen LogP contribution in [0.5, 0.6) is 0 Å². The van der Waals surface area contributed by atoms with E-state index < -0.39 is 23.2 Å². The highest BCUT2D eigenvalue weighted by molar-refractivity contribution is 5.84. The highest BCUT2D eigenvalue weighted by atomic mass is 19.3. The molecule has 1 aliphatic heterocycles. The fraction of sp³-hybridized carbons (Fsp3) is 0.483. The molecule has 2 aromatic heterocycles. The van der Waals surface area contributed by atoms with Crippen LogP contribution in [-0.4, -0.2) is 38.0 Å². The molecule has 8 heteroatoms. The van der Waals surface area contributed by atoms with Gasteiger partial charge in [0.15, 0.2) is 0 Å². The van der Waals surface area contributed by atoms with Crippen molar-refractivity contribution in [2.24, 2.45) is 16.7 Å². The fourth-order valence-corrected chi connectivity index (χ4v) is 6.33. The Labute approximate surface area is 215 Å². The number of pyridine rings is 1. The minimum Gasteiger partial charge on any atom is -0.481 e. The standard InChI is InChI=1S/C29H33F2N3O3/c1-28(2)20(9-11-29(28,3)27(36)37)15-24(35)33-13-10-21-22-8-5-12-32-26(22)34(23(21)17-33)16-18-6-4-7-19(14-18)25(30)31/h4-8,12,14,20,25H,9-11,13,15-17H2,1-3H3,(H,36,37)/t20-,29+/m1/s1. The summed E-state index contributed by atoms with van der Waals surface area (Å²) in [7, 11) is 0. The van der Waals surface area contributed by atoms with Gasteiger partial charge in [-0.25, -0.2) is 13.8 Å². The van der Waals surface area contributed by atoms with Gasteiger partial charge in [0.25, 0.3) is 6.43 Å². The SMILES string of the molecule is CC1(C)[C@@H](CC(=O)N2CCc3c(n(Cc4cccc(C(F)F)c4)c4ncccc34)C2)CC[C@@]1(C)C(=O)O. The van der Waals surface area contributed by atoms with E-state index in [4.69, 9.17) is 0 Å². The second-order valence-corrected chi connectivity index (χ2v) is 11.3. The molecule has 1 aliphatic carbocycles. The summed E-state index contributed by atoms with van der Waals surface area (Å²) >= 11 is 0. The van der Waals surface area contributed by atoms with Crippen molar-refractivity contribution in [3.8, 4) is 0 Å². The maximum absolute atomic E-state index is 13.5. The van der Waals surface area contributed by atoms with E-state index >= 15 is 0 Å². The number of hydrogen-bond donors (Lipinski definition) is 1. The Bertz CT molecular complexity index is 1370. The molecule has 1 fully saturated rings. The number of amides is 1. The fourth-order valence-electron chi connectivity index (χ4n) is 6.33. The number of alkyl halides is 2. The van der Waals surface area contributed by atoms with Gasteiger partial charge in [-0.05, 0) is 66.8 Å². The highest BCUT2D eigenvalue weighted by Crippen LogP contribution is 2.57. The van der Waals surface area contributed by atoms with Crippen molar-refractivity contribution in [2.45, 2.75) is 66.0 Å². The average molecular weight is 510 g/mol. The number of fused-ring (bicyclic) bond motifs is 3. The summed E-state index contributed by atoms with van der Waals surface area (Å²) in [6.45, 7) is 7.13. The third-order valence-electron chi connectivity index (χ3n) is 9.24. The summed E-state index contributed by atoms with van der Waals surface area (Å²) in [5.41, 5.74) is 2.32. The van der Waals surface area contributed by atoms with Crippen LogP contribution in [0.3, 0.4) is 0 Å². The third kappa shape index (κ3) is 4.20. The third-order valence-corrected chi connectivity index (χ3v) is 9.24. The van der Waals surface area contributed by atoms with Crippen LogP contribution in [-0.2, 0) is 29.1 Å². The molecule has 2 atom stereocenters. The Kier molecular flexibility index (Phi) is 6.32. The number of hydrogen-bond acceptors (Lipinski definition) is 3. The van der Waals surface area contributed by atoms with E-state index in [9.17, 15) is 23.5 Å². The number of carboxylic acids is 1. The van der Waals surface area contributed by atoms with Crippen molar-refractivity contribution in [3.05, 3.63) is 65.0 Å². The number of nitrogens with zero attached hydrogens (tertiary/aromatic N) is 3. The van der Waals surface area contributed by atoms with Crippen LogP contribution in [0.4, 0.5) is 8.78 Å². The van der Waals surface area contributed by atoms with Gasteiger partial charge in [-0.3, -0.25) is 9.59 Å². The summed E-state index contributed by atoms with van der Waals surface area (Å²) in [5, 5.41) is 10.9. The van der Waals surface area contributed by atoms with Gasteiger partial charge in [-0.1, -0.05) is 32.0 Å². The number of carboxylic acid groups (broad SMARTS) is 1. The predicted molar refractivity (Wildman–Crippen MR) is 136 cm³/mol. The number of rotatable bonds is 6. The van der Waals surface area contributed by atoms with Gasteiger partial charge in [0, 0.05) is 42.4 Å². The van der Waals surface area contributed by atoms with Crippen LogP contribution < -0.4 is 0 Å². The smallest absolute Gasteiger partial charge is 0.309 e. The van der Waals surface area contributed by atoms with Crippen LogP contribution in [0.25, 0.3) is 11.0 Å². The van der Waals surface area contributed by atoms with E-state index in [-0.39, 0.29) is 17.4 Å². The molecule has 0 radical (unpaired) electrons. The Balaban J connectivity index is 1.42. The summed E-state index contributed by atoms with van der Waals surface area (Å²) in [4.78, 5) is 32.0. The topological polar surface area (TPSA) is 75.4 Å². The highest BCUT2D eigenvalue weighted by Gasteiger charge is 2.56. The molecule has 6 nitrogen and oxygen atoms in total. The number of halogens is 2. The minimum atomic E-state index is -2.54. The van der Waals surface area contributed by atoms with Crippen LogP contribution in [0.15, 0.2) is 42.6 Å². The lowest BCUT2D eigenvalue weighted by atomic mass is 9.65. The Hall–Kier alpha value is -3.29. The molecule has 3 heterocycles. The average Bonchev–Trinajstić information content (AvgIpc) is 3.30. The van der Waals surface area contributed by atoms with Gasteiger partial charge < -0.3 is 14.6 Å². The van der Waals surface area contributed by atoms with Crippen molar-refractivity contribution < 1.29 is 23.5 Å². The van der Waals surface area contributed by atoms with E-state index in [1.807, 2.05) is 36.9 Å². The molecule has 1 amide bonds. The lowest BCUT2D eigenvalue weighted by Crippen LogP contribution is -2.43. The van der Waals surface area contributed by atoms with Gasteiger partial charge in [0.1, 0.15) is 5.65 Å². The van der Waals surface area contributed by atoms with E-state index in [0.29, 0.717) is 45.3 Å². The first-order valence-electron chi connectivity index (χ1n) is 12.9. The van der Waals surface area contributed by atoms with E-state index in [2.05, 4.69) is 9.55 Å². The second-order valence-electron chi connectivity index (χ2n) is 11.3. The molecule has 2 aliphatic rings. The zero-order valence-electron chi connectivity index (χ0n) is 21.5. The number of carbonyl (C=O) groups excluding carboxylic acids is 1. The molecule has 1 N–H and O–H groups in total. The Morgan fingerprint density at radius 1 is 1.19 bits per heavy atom. The summed E-state index contributed by atoms with van der Waals surface area (Å²) in [6, 6.07) is 10.4. The van der Waals surface area contributed by atoms with Gasteiger partial charge in [0.05, 0.1) is 12.0 Å². The Morgan fingerprint density at radius 2 is 1.97 bits per heavy atom. The van der Waals surface area contributed by atoms with Gasteiger partial charge in [-0.15, -0.1) is 0 Å². The van der Waals surface area contributed by atoms with Crippen LogP contribution in [0.2, 0.25) is 0 Å². The van der Waals surface area contributed by atoms with E-state index in [1.165, 1.54) is 12.1 Å². The molecule has 0 spiro atoms. The molecule has 0 unspecified atom stereocenters. The van der Waals surface area contributed by atoms with Crippen molar-refractivity contribution in [3.63, 3.8) is 0 Å². The van der Waals surface area contributed by atoms with Crippen LogP contribution >= 0.6 is 0 Å². The zero-order valence-corrected chi connectivity index (χ0v) is 21.5. The first-order valence-corrected chi connectivity index (χ1v) is 12.9. The first kappa shape index (κ1) is 25.4. The number of carbonyl (C=O) groups is 2. The van der Waals surface area contributed by atoms with Crippen LogP contribution in [0, 0.1) is 16.7 Å². The summed E-state index contributed by atoms with van der Waals surface area (Å²) < 4.78 is 28.7. The first-order chi connectivity index (χ1) is 17.5. The normalized spacial score (nSPS) is 23.0. The zero-order chi connectivity index (χ0) is 26.5. The van der Waals surface area contributed by atoms with Gasteiger partial charge in [-0.2, -0.15) is 0 Å². The number of aliphatic carboxylic acids is 1. The summed E-state index contributed by atoms with van der Waals surface area (Å²) in [5.74, 6) is -0.780. The van der Waals surface area contributed by atoms with Gasteiger partial charge in [0.2, 0.25) is 5.91 Å². The second kappa shape index (κ2) is 9.23. The van der Waals surface area contributed by atoms with Crippen LogP contribution in [0.1, 0.15) is 68.8 Å². The van der Waals surface area contributed by atoms with E-state index in [1.54, 1.807) is 19.2 Å². The maximum atomic E-state index is 13.5. The number of aromatic nitrogens is 2. The molecule has 3 aromatic rings. The molecule has 0 saturated heterocycles. The molecular formula is C29H33F2N3O3. The monoisotopic (exact) mass is 509 g/mol. The molecule has 0 bridgehead atoms. The largest absolute Gasteiger partial charge is 0.481 e. The molecule has 37 heavy (non-hydrogen) atoms. The molecule has 196 valence electrons. The molecule has 1 saturated carbocycles. The molecule has 1 aromatic carbocycles. The van der Waals surface area contributed by atoms with Crippen molar-refractivity contribution in [1.29, 1.82) is 0 Å². The minimum absolute atomic E-state index is 0.00731. The Morgan fingerprint density at radius 3 is 2.68 bits per heavy atom. The summed E-state index contributed by atoms with van der Waals surface area (Å²) in [6.07, 6.45) is 1.48. The lowest BCUT2D eigenvalue weighted by Gasteiger charge is -2.39. The van der Waals surface area contributed by atoms with Gasteiger partial charge >= 0.3 is 5.97 Å². The molecular weight excluding hydrogens is 476 g/mol. The maximum Gasteiger partial charge on any atom is 0.309 e. The van der Waals surface area contributed by atoms with Crippen molar-refractivity contribution in [2.75, 3.05) is 6.54 Å². The lowest BCUT2D eigenvalue weighted by molar-refractivity contribution is -0.155. The van der Waals surface area contributed by atoms with E-state index in [0.717, 1.165) is 27.9 Å². The van der Waals surface area contributed by atoms with Crippen molar-refractivity contribution >= 4 is 22.9 Å². The number of benzene rings is 1.